The van der Waals surface area contributed by atoms with Gasteiger partial charge in [-0.15, -0.1) is 0 Å². The fourth-order valence-corrected chi connectivity index (χ4v) is 1.54. The summed E-state index contributed by atoms with van der Waals surface area (Å²) in [6.45, 7) is 0. The van der Waals surface area contributed by atoms with Gasteiger partial charge in [0.1, 0.15) is 11.9 Å². The van der Waals surface area contributed by atoms with Gasteiger partial charge in [-0.1, -0.05) is 0 Å². The third kappa shape index (κ3) is 2.98. The average Bonchev–Trinajstić information content (AvgIpc) is 2.39. The van der Waals surface area contributed by atoms with Gasteiger partial charge in [0.05, 0.1) is 12.7 Å². The molecule has 6 nitrogen and oxygen atoms in total. The maximum absolute atomic E-state index is 11.4. The predicted octanol–water partition coefficient (Wildman–Crippen LogP) is 0.831. The molecule has 6 heteroatoms. The van der Waals surface area contributed by atoms with E-state index in [0.717, 1.165) is 0 Å². The van der Waals surface area contributed by atoms with E-state index in [9.17, 15) is 15.0 Å². The molecule has 0 spiro atoms. The van der Waals surface area contributed by atoms with Crippen LogP contribution in [0.2, 0.25) is 0 Å². The number of methoxy groups -OCH3 is 3. The Hall–Kier alpha value is -1.63. The number of esters is 1. The van der Waals surface area contributed by atoms with E-state index >= 15 is 0 Å². The molecule has 0 saturated carbocycles. The number of aliphatic hydroxyl groups is 1. The van der Waals surface area contributed by atoms with Crippen molar-refractivity contribution in [2.24, 2.45) is 0 Å². The highest BCUT2D eigenvalue weighted by Gasteiger charge is 2.24. The molecule has 0 aliphatic heterocycles. The molecular weight excluding hydrogens is 240 g/mol. The summed E-state index contributed by atoms with van der Waals surface area (Å²) in [5.41, 5.74) is 0.349. The molecule has 1 aromatic rings. The first kappa shape index (κ1) is 14.4. The molecule has 1 rings (SSSR count). The second kappa shape index (κ2) is 6.34. The van der Waals surface area contributed by atoms with E-state index in [1.807, 2.05) is 0 Å². The molecule has 0 aromatic heterocycles. The summed E-state index contributed by atoms with van der Waals surface area (Å²) >= 11 is 0. The number of aromatic hydroxyl groups is 1. The molecule has 1 atom stereocenters. The first-order valence-corrected chi connectivity index (χ1v) is 5.20. The van der Waals surface area contributed by atoms with Crippen molar-refractivity contribution in [3.05, 3.63) is 29.3 Å². The fourth-order valence-electron chi connectivity index (χ4n) is 1.54. The van der Waals surface area contributed by atoms with Crippen molar-refractivity contribution in [3.8, 4) is 5.75 Å². The lowest BCUT2D eigenvalue weighted by Gasteiger charge is -2.21. The molecule has 100 valence electrons. The largest absolute Gasteiger partial charge is 0.508 e. The Morgan fingerprint density at radius 2 is 1.83 bits per heavy atom. The number of benzene rings is 1. The Bertz CT molecular complexity index is 413. The Balaban J connectivity index is 3.10. The molecule has 0 amide bonds. The van der Waals surface area contributed by atoms with Gasteiger partial charge in [-0.25, -0.2) is 4.79 Å². The zero-order chi connectivity index (χ0) is 13.7. The molecule has 18 heavy (non-hydrogen) atoms. The minimum absolute atomic E-state index is 0.131. The second-order valence-electron chi connectivity index (χ2n) is 3.55. The topological polar surface area (TPSA) is 85.2 Å². The minimum atomic E-state index is -1.22. The highest BCUT2D eigenvalue weighted by Crippen LogP contribution is 2.29. The summed E-state index contributed by atoms with van der Waals surface area (Å²) in [4.78, 5) is 11.4. The van der Waals surface area contributed by atoms with Crippen molar-refractivity contribution >= 4 is 5.97 Å². The van der Waals surface area contributed by atoms with Crippen LogP contribution in [0, 0.1) is 0 Å². The predicted molar refractivity (Wildman–Crippen MR) is 62.2 cm³/mol. The van der Waals surface area contributed by atoms with Crippen LogP contribution in [0.15, 0.2) is 18.2 Å². The van der Waals surface area contributed by atoms with Gasteiger partial charge in [0.2, 0.25) is 0 Å². The van der Waals surface area contributed by atoms with E-state index in [0.29, 0.717) is 0 Å². The third-order valence-electron chi connectivity index (χ3n) is 2.49. The Morgan fingerprint density at radius 3 is 2.33 bits per heavy atom. The number of carbonyl (C=O) groups is 1. The van der Waals surface area contributed by atoms with Crippen LogP contribution in [0.1, 0.15) is 22.0 Å². The number of phenolic OH excluding ortho intramolecular Hbond substituents is 1. The lowest BCUT2D eigenvalue weighted by Crippen LogP contribution is -2.23. The summed E-state index contributed by atoms with van der Waals surface area (Å²) in [7, 11) is 3.97. The number of hydrogen-bond donors (Lipinski definition) is 2. The number of ether oxygens (including phenoxy) is 3. The molecular formula is C12H16O6. The zero-order valence-corrected chi connectivity index (χ0v) is 10.4. The third-order valence-corrected chi connectivity index (χ3v) is 2.49. The highest BCUT2D eigenvalue weighted by molar-refractivity contribution is 5.89. The molecule has 1 unspecified atom stereocenters. The number of hydrogen-bond acceptors (Lipinski definition) is 6. The molecule has 0 saturated heterocycles. The lowest BCUT2D eigenvalue weighted by atomic mass is 10.0. The fraction of sp³-hybridized carbons (Fsp3) is 0.417. The van der Waals surface area contributed by atoms with Gasteiger partial charge in [0.15, 0.2) is 6.29 Å². The number of aliphatic hydroxyl groups excluding tert-OH is 1. The molecule has 0 aliphatic carbocycles. The second-order valence-corrected chi connectivity index (χ2v) is 3.55. The molecule has 0 radical (unpaired) electrons. The molecule has 0 aliphatic rings. The van der Waals surface area contributed by atoms with E-state index in [2.05, 4.69) is 4.74 Å². The smallest absolute Gasteiger partial charge is 0.337 e. The summed E-state index contributed by atoms with van der Waals surface area (Å²) < 4.78 is 14.4. The van der Waals surface area contributed by atoms with Crippen molar-refractivity contribution in [1.29, 1.82) is 0 Å². The van der Waals surface area contributed by atoms with Crippen molar-refractivity contribution in [3.63, 3.8) is 0 Å². The summed E-state index contributed by atoms with van der Waals surface area (Å²) in [6, 6.07) is 4.02. The molecule has 0 bridgehead atoms. The molecule has 0 heterocycles. The van der Waals surface area contributed by atoms with Gasteiger partial charge in [-0.3, -0.25) is 0 Å². The number of carbonyl (C=O) groups excluding carboxylic acids is 1. The van der Waals surface area contributed by atoms with Crippen LogP contribution >= 0.6 is 0 Å². The summed E-state index contributed by atoms with van der Waals surface area (Å²) in [5, 5.41) is 19.7. The Morgan fingerprint density at radius 1 is 1.22 bits per heavy atom. The van der Waals surface area contributed by atoms with Crippen LogP contribution in [0.3, 0.4) is 0 Å². The first-order valence-electron chi connectivity index (χ1n) is 5.20. The maximum atomic E-state index is 11.4. The van der Waals surface area contributed by atoms with Gasteiger partial charge in [-0.05, 0) is 18.2 Å². The molecule has 1 aromatic carbocycles. The Labute approximate surface area is 105 Å². The van der Waals surface area contributed by atoms with E-state index < -0.39 is 18.4 Å². The quantitative estimate of drug-likeness (QED) is 0.599. The van der Waals surface area contributed by atoms with Crippen LogP contribution in [-0.4, -0.2) is 43.8 Å². The zero-order valence-electron chi connectivity index (χ0n) is 10.4. The normalized spacial score (nSPS) is 12.5. The highest BCUT2D eigenvalue weighted by atomic mass is 16.7. The number of phenols is 1. The van der Waals surface area contributed by atoms with Gasteiger partial charge >= 0.3 is 5.97 Å². The van der Waals surface area contributed by atoms with Crippen LogP contribution in [0.5, 0.6) is 5.75 Å². The van der Waals surface area contributed by atoms with E-state index in [1.54, 1.807) is 0 Å². The van der Waals surface area contributed by atoms with Gasteiger partial charge < -0.3 is 24.4 Å². The van der Waals surface area contributed by atoms with E-state index in [-0.39, 0.29) is 16.9 Å². The monoisotopic (exact) mass is 256 g/mol. The maximum Gasteiger partial charge on any atom is 0.337 e. The van der Waals surface area contributed by atoms with E-state index in [4.69, 9.17) is 9.47 Å². The van der Waals surface area contributed by atoms with Gasteiger partial charge in [0, 0.05) is 19.8 Å². The summed E-state index contributed by atoms with van der Waals surface area (Å²) in [5.74, 6) is -0.718. The Kier molecular flexibility index (Phi) is 5.08. The summed E-state index contributed by atoms with van der Waals surface area (Å²) in [6.07, 6.45) is -2.16. The van der Waals surface area contributed by atoms with Crippen LogP contribution in [-0.2, 0) is 14.2 Å². The van der Waals surface area contributed by atoms with Crippen molar-refractivity contribution in [1.82, 2.24) is 0 Å². The number of rotatable bonds is 5. The first-order chi connectivity index (χ1) is 8.54. The van der Waals surface area contributed by atoms with Gasteiger partial charge in [-0.2, -0.15) is 0 Å². The molecule has 0 fully saturated rings. The van der Waals surface area contributed by atoms with Crippen molar-refractivity contribution in [2.45, 2.75) is 12.4 Å². The van der Waals surface area contributed by atoms with Crippen molar-refractivity contribution in [2.75, 3.05) is 21.3 Å². The average molecular weight is 256 g/mol. The standard InChI is InChI=1S/C12H16O6/c1-16-11(15)7-4-5-9(13)8(6-7)10(14)12(17-2)18-3/h4-6,10,12-14H,1-3H3. The van der Waals surface area contributed by atoms with Crippen LogP contribution in [0.4, 0.5) is 0 Å². The van der Waals surface area contributed by atoms with Crippen molar-refractivity contribution < 1.29 is 29.2 Å². The van der Waals surface area contributed by atoms with Gasteiger partial charge in [0.25, 0.3) is 0 Å². The van der Waals surface area contributed by atoms with E-state index in [1.165, 1.54) is 39.5 Å². The SMILES string of the molecule is COC(=O)c1ccc(O)c(C(O)C(OC)OC)c1. The minimum Gasteiger partial charge on any atom is -0.508 e. The molecule has 2 N–H and O–H groups in total. The van der Waals surface area contributed by atoms with Crippen LogP contribution in [0.25, 0.3) is 0 Å². The van der Waals surface area contributed by atoms with Crippen LogP contribution < -0.4 is 0 Å². The lowest BCUT2D eigenvalue weighted by molar-refractivity contribution is -0.166.